The summed E-state index contributed by atoms with van der Waals surface area (Å²) in [6.45, 7) is 2.97. The average molecular weight is 514 g/mol. The van der Waals surface area contributed by atoms with Crippen molar-refractivity contribution in [1.82, 2.24) is 4.90 Å². The molecule has 184 valence electrons. The molecule has 1 aliphatic heterocycles. The van der Waals surface area contributed by atoms with E-state index in [4.69, 9.17) is 16.3 Å². The second kappa shape index (κ2) is 10.8. The normalized spacial score (nSPS) is 18.8. The van der Waals surface area contributed by atoms with Crippen molar-refractivity contribution in [2.75, 3.05) is 6.54 Å². The number of likely N-dealkylation sites (tertiary alicyclic amines) is 1. The summed E-state index contributed by atoms with van der Waals surface area (Å²) in [6.07, 6.45) is 0.428. The van der Waals surface area contributed by atoms with Gasteiger partial charge >= 0.3 is 5.97 Å². The van der Waals surface area contributed by atoms with Crippen molar-refractivity contribution >= 4 is 27.4 Å². The van der Waals surface area contributed by atoms with Crippen LogP contribution in [0.2, 0.25) is 5.02 Å². The fourth-order valence-corrected chi connectivity index (χ4v) is 6.48. The van der Waals surface area contributed by atoms with E-state index in [9.17, 15) is 18.3 Å². The smallest absolute Gasteiger partial charge is 0.306 e. The molecule has 1 N–H and O–H groups in total. The largest absolute Gasteiger partial charge is 0.488 e. The van der Waals surface area contributed by atoms with Crippen LogP contribution in [0.5, 0.6) is 5.75 Å². The molecule has 0 amide bonds. The molecule has 35 heavy (non-hydrogen) atoms. The molecule has 0 spiro atoms. The zero-order valence-electron chi connectivity index (χ0n) is 19.4. The molecule has 1 aliphatic rings. The van der Waals surface area contributed by atoms with Crippen LogP contribution in [0.3, 0.4) is 0 Å². The molecular formula is C27H28ClNO5S. The lowest BCUT2D eigenvalue weighted by atomic mass is 9.96. The van der Waals surface area contributed by atoms with Gasteiger partial charge in [0.25, 0.3) is 0 Å². The Morgan fingerprint density at radius 1 is 1.03 bits per heavy atom. The molecule has 2 unspecified atom stereocenters. The van der Waals surface area contributed by atoms with Gasteiger partial charge in [0.2, 0.25) is 0 Å². The van der Waals surface area contributed by atoms with Gasteiger partial charge in [-0.2, -0.15) is 0 Å². The van der Waals surface area contributed by atoms with Crippen molar-refractivity contribution < 1.29 is 23.1 Å². The van der Waals surface area contributed by atoms with Gasteiger partial charge in [0.1, 0.15) is 22.6 Å². The first-order valence-corrected chi connectivity index (χ1v) is 13.4. The average Bonchev–Trinajstić information content (AvgIpc) is 2.85. The standard InChI is InChI=1S/C27H28ClNO5S/c1-19-6-8-20(9-7-19)17-29-15-14-22(27(30)31)16-26(29)35(32,33)25-5-3-2-4-24(25)34-18-21-10-12-23(28)13-11-21/h2-13,22,26H,14-18H2,1H3,(H,30,31). The Morgan fingerprint density at radius 3 is 2.37 bits per heavy atom. The van der Waals surface area contributed by atoms with E-state index in [1.807, 2.05) is 48.2 Å². The number of nitrogens with zero attached hydrogens (tertiary/aromatic N) is 1. The third-order valence-corrected chi connectivity index (χ3v) is 8.74. The zero-order chi connectivity index (χ0) is 25.0. The quantitative estimate of drug-likeness (QED) is 0.438. The number of aryl methyl sites for hydroxylation is 1. The van der Waals surface area contributed by atoms with Crippen molar-refractivity contribution in [3.63, 3.8) is 0 Å². The summed E-state index contributed by atoms with van der Waals surface area (Å²) in [5, 5.41) is 9.27. The van der Waals surface area contributed by atoms with Gasteiger partial charge in [-0.25, -0.2) is 8.42 Å². The number of ether oxygens (including phenoxy) is 1. The topological polar surface area (TPSA) is 83.9 Å². The van der Waals surface area contributed by atoms with Crippen LogP contribution >= 0.6 is 11.6 Å². The maximum atomic E-state index is 14.0. The van der Waals surface area contributed by atoms with Crippen LogP contribution in [0.25, 0.3) is 0 Å². The van der Waals surface area contributed by atoms with Crippen LogP contribution in [0.4, 0.5) is 0 Å². The minimum Gasteiger partial charge on any atom is -0.488 e. The summed E-state index contributed by atoms with van der Waals surface area (Å²) in [5.74, 6) is -1.44. The third-order valence-electron chi connectivity index (χ3n) is 6.34. The number of halogens is 1. The Kier molecular flexibility index (Phi) is 7.79. The fourth-order valence-electron chi connectivity index (χ4n) is 4.32. The molecule has 8 heteroatoms. The summed E-state index contributed by atoms with van der Waals surface area (Å²) in [4.78, 5) is 13.7. The van der Waals surface area contributed by atoms with E-state index in [1.165, 1.54) is 6.07 Å². The van der Waals surface area contributed by atoms with Crippen molar-refractivity contribution in [2.45, 2.75) is 43.2 Å². The number of sulfone groups is 1. The molecule has 0 aliphatic carbocycles. The summed E-state index contributed by atoms with van der Waals surface area (Å²) >= 11 is 5.95. The van der Waals surface area contributed by atoms with Gasteiger partial charge in [0.15, 0.2) is 9.84 Å². The molecule has 0 radical (unpaired) electrons. The molecule has 2 atom stereocenters. The number of carboxylic acid groups (broad SMARTS) is 1. The molecule has 0 saturated carbocycles. The van der Waals surface area contributed by atoms with Gasteiger partial charge in [-0.3, -0.25) is 9.69 Å². The Hall–Kier alpha value is -2.87. The van der Waals surface area contributed by atoms with Crippen molar-refractivity contribution in [2.24, 2.45) is 5.92 Å². The lowest BCUT2D eigenvalue weighted by Gasteiger charge is -2.38. The first-order chi connectivity index (χ1) is 16.7. The van der Waals surface area contributed by atoms with Gasteiger partial charge in [-0.1, -0.05) is 65.7 Å². The van der Waals surface area contributed by atoms with Crippen LogP contribution in [-0.4, -0.2) is 36.3 Å². The zero-order valence-corrected chi connectivity index (χ0v) is 21.0. The Morgan fingerprint density at radius 2 is 1.69 bits per heavy atom. The van der Waals surface area contributed by atoms with Crippen molar-refractivity contribution in [3.8, 4) is 5.75 Å². The molecule has 0 aromatic heterocycles. The number of hydrogen-bond acceptors (Lipinski definition) is 5. The lowest BCUT2D eigenvalue weighted by molar-refractivity contribution is -0.143. The van der Waals surface area contributed by atoms with Gasteiger partial charge in [-0.15, -0.1) is 0 Å². The summed E-state index contributed by atoms with van der Waals surface area (Å²) in [6, 6.07) is 21.6. The van der Waals surface area contributed by atoms with Gasteiger partial charge in [-0.05, 0) is 55.2 Å². The van der Waals surface area contributed by atoms with Crippen molar-refractivity contribution in [3.05, 3.63) is 94.5 Å². The third kappa shape index (κ3) is 6.04. The first-order valence-electron chi connectivity index (χ1n) is 11.5. The highest BCUT2D eigenvalue weighted by Gasteiger charge is 2.41. The SMILES string of the molecule is Cc1ccc(CN2CCC(C(=O)O)CC2S(=O)(=O)c2ccccc2OCc2ccc(Cl)cc2)cc1. The predicted octanol–water partition coefficient (Wildman–Crippen LogP) is 5.32. The molecule has 1 fully saturated rings. The van der Waals surface area contributed by atoms with Crippen LogP contribution in [0.15, 0.2) is 77.7 Å². The number of aliphatic carboxylic acids is 1. The van der Waals surface area contributed by atoms with E-state index < -0.39 is 27.1 Å². The van der Waals surface area contributed by atoms with Gasteiger partial charge in [0, 0.05) is 18.1 Å². The number of hydrogen-bond donors (Lipinski definition) is 1. The predicted molar refractivity (Wildman–Crippen MR) is 135 cm³/mol. The van der Waals surface area contributed by atoms with E-state index in [0.29, 0.717) is 24.5 Å². The van der Waals surface area contributed by atoms with E-state index in [2.05, 4.69) is 0 Å². The minimum absolute atomic E-state index is 0.0229. The monoisotopic (exact) mass is 513 g/mol. The molecule has 3 aromatic rings. The van der Waals surface area contributed by atoms with Crippen molar-refractivity contribution in [1.29, 1.82) is 0 Å². The molecule has 6 nitrogen and oxygen atoms in total. The van der Waals surface area contributed by atoms with Crippen LogP contribution in [0, 0.1) is 12.8 Å². The Bertz CT molecular complexity index is 1280. The lowest BCUT2D eigenvalue weighted by Crippen LogP contribution is -2.48. The van der Waals surface area contributed by atoms with Crippen LogP contribution in [-0.2, 0) is 27.8 Å². The number of piperidine rings is 1. The summed E-state index contributed by atoms with van der Waals surface area (Å²) < 4.78 is 33.8. The van der Waals surface area contributed by atoms with Gasteiger partial charge in [0.05, 0.1) is 5.92 Å². The number of carboxylic acids is 1. The van der Waals surface area contributed by atoms with E-state index in [1.54, 1.807) is 30.3 Å². The number of benzene rings is 3. The minimum atomic E-state index is -3.93. The van der Waals surface area contributed by atoms with Gasteiger partial charge < -0.3 is 9.84 Å². The molecule has 0 bridgehead atoms. The first kappa shape index (κ1) is 25.2. The number of carbonyl (C=O) groups is 1. The van der Waals surface area contributed by atoms with E-state index in [-0.39, 0.29) is 23.7 Å². The number of para-hydroxylation sites is 1. The van der Waals surface area contributed by atoms with E-state index >= 15 is 0 Å². The fraction of sp³-hybridized carbons (Fsp3) is 0.296. The highest BCUT2D eigenvalue weighted by Crippen LogP contribution is 2.35. The number of rotatable bonds is 8. The molecule has 1 heterocycles. The Labute approximate surface area is 211 Å². The molecule has 1 saturated heterocycles. The highest BCUT2D eigenvalue weighted by molar-refractivity contribution is 7.92. The molecule has 3 aromatic carbocycles. The molecular weight excluding hydrogens is 486 g/mol. The Balaban J connectivity index is 1.63. The second-order valence-electron chi connectivity index (χ2n) is 8.88. The van der Waals surface area contributed by atoms with Crippen LogP contribution < -0.4 is 4.74 Å². The van der Waals surface area contributed by atoms with E-state index in [0.717, 1.165) is 16.7 Å². The maximum Gasteiger partial charge on any atom is 0.306 e. The summed E-state index contributed by atoms with van der Waals surface area (Å²) in [7, 11) is -3.93. The highest BCUT2D eigenvalue weighted by atomic mass is 35.5. The second-order valence-corrected chi connectivity index (χ2v) is 11.4. The van der Waals surface area contributed by atoms with Crippen LogP contribution in [0.1, 0.15) is 29.5 Å². The summed E-state index contributed by atoms with van der Waals surface area (Å²) in [5.41, 5.74) is 2.96. The molecule has 4 rings (SSSR count). The maximum absolute atomic E-state index is 14.0.